The number of hydrogen-bond acceptors (Lipinski definition) is 3. The van der Waals surface area contributed by atoms with Crippen molar-refractivity contribution in [1.82, 2.24) is 5.32 Å². The molecule has 0 bridgehead atoms. The monoisotopic (exact) mass is 248 g/mol. The molecule has 98 valence electrons. The van der Waals surface area contributed by atoms with Crippen LogP contribution in [-0.2, 0) is 4.79 Å². The zero-order valence-electron chi connectivity index (χ0n) is 10.7. The first-order valence-corrected chi connectivity index (χ1v) is 6.47. The molecule has 18 heavy (non-hydrogen) atoms. The molecule has 0 aliphatic carbocycles. The van der Waals surface area contributed by atoms with Gasteiger partial charge in [0.05, 0.1) is 0 Å². The van der Waals surface area contributed by atoms with Crippen molar-refractivity contribution in [3.05, 3.63) is 29.8 Å². The first kappa shape index (κ1) is 12.9. The average Bonchev–Trinajstić information content (AvgIpc) is 2.55. The summed E-state index contributed by atoms with van der Waals surface area (Å²) in [5.41, 5.74) is 6.85. The van der Waals surface area contributed by atoms with Crippen LogP contribution in [0, 0.1) is 0 Å². The molecule has 2 rings (SSSR count). The molecule has 1 aliphatic rings. The lowest BCUT2D eigenvalue weighted by atomic mass is 10.1. The summed E-state index contributed by atoms with van der Waals surface area (Å²) in [5, 5.41) is 2.86. The zero-order valence-corrected chi connectivity index (χ0v) is 10.7. The summed E-state index contributed by atoms with van der Waals surface area (Å²) < 4.78 is 5.77. The molecule has 1 amide bonds. The Morgan fingerprint density at radius 2 is 2.28 bits per heavy atom. The van der Waals surface area contributed by atoms with Crippen LogP contribution >= 0.6 is 0 Å². The van der Waals surface area contributed by atoms with E-state index in [1.807, 2.05) is 31.2 Å². The van der Waals surface area contributed by atoms with Crippen LogP contribution in [-0.4, -0.2) is 18.6 Å². The molecule has 1 saturated heterocycles. The summed E-state index contributed by atoms with van der Waals surface area (Å²) in [7, 11) is 0. The fourth-order valence-corrected chi connectivity index (χ4v) is 2.06. The Labute approximate surface area is 108 Å². The van der Waals surface area contributed by atoms with Gasteiger partial charge >= 0.3 is 0 Å². The highest BCUT2D eigenvalue weighted by Gasteiger charge is 2.22. The predicted molar refractivity (Wildman–Crippen MR) is 70.3 cm³/mol. The van der Waals surface area contributed by atoms with Crippen molar-refractivity contribution < 1.29 is 9.53 Å². The Morgan fingerprint density at radius 3 is 3.06 bits per heavy atom. The number of ether oxygens (including phenoxy) is 1. The fraction of sp³-hybridized carbons (Fsp3) is 0.500. The Morgan fingerprint density at radius 1 is 1.44 bits per heavy atom. The van der Waals surface area contributed by atoms with Gasteiger partial charge in [0.25, 0.3) is 5.91 Å². The molecule has 4 heteroatoms. The second-order valence-corrected chi connectivity index (χ2v) is 4.75. The van der Waals surface area contributed by atoms with Gasteiger partial charge in [-0.3, -0.25) is 4.79 Å². The summed E-state index contributed by atoms with van der Waals surface area (Å²) in [4.78, 5) is 11.8. The number of carbonyl (C=O) groups is 1. The highest BCUT2D eigenvalue weighted by atomic mass is 16.5. The number of amides is 1. The summed E-state index contributed by atoms with van der Waals surface area (Å²) in [6.45, 7) is 2.68. The van der Waals surface area contributed by atoms with E-state index < -0.39 is 0 Å². The van der Waals surface area contributed by atoms with Crippen LogP contribution in [0.4, 0.5) is 0 Å². The smallest absolute Gasteiger partial charge is 0.261 e. The van der Waals surface area contributed by atoms with Crippen molar-refractivity contribution in [2.24, 2.45) is 5.73 Å². The normalized spacial score (nSPS) is 21.9. The van der Waals surface area contributed by atoms with E-state index in [-0.39, 0.29) is 18.1 Å². The van der Waals surface area contributed by atoms with Crippen molar-refractivity contribution in [2.75, 3.05) is 6.54 Å². The molecule has 1 aromatic carbocycles. The van der Waals surface area contributed by atoms with Gasteiger partial charge in [-0.15, -0.1) is 0 Å². The van der Waals surface area contributed by atoms with Gasteiger partial charge in [0.1, 0.15) is 5.75 Å². The molecule has 2 unspecified atom stereocenters. The Kier molecular flexibility index (Phi) is 4.20. The second-order valence-electron chi connectivity index (χ2n) is 4.75. The standard InChI is InChI=1S/C14H20N2O2/c1-10(15)11-5-4-6-12(9-11)18-13-7-2-3-8-16-14(13)17/h4-6,9-10,13H,2-3,7-8,15H2,1H3,(H,16,17). The van der Waals surface area contributed by atoms with Crippen LogP contribution in [0.15, 0.2) is 24.3 Å². The van der Waals surface area contributed by atoms with Crippen molar-refractivity contribution in [1.29, 1.82) is 0 Å². The fourth-order valence-electron chi connectivity index (χ4n) is 2.06. The van der Waals surface area contributed by atoms with Gasteiger partial charge in [0.2, 0.25) is 0 Å². The van der Waals surface area contributed by atoms with Gasteiger partial charge < -0.3 is 15.8 Å². The zero-order chi connectivity index (χ0) is 13.0. The lowest BCUT2D eigenvalue weighted by Crippen LogP contribution is -2.36. The molecular formula is C14H20N2O2. The van der Waals surface area contributed by atoms with Crippen molar-refractivity contribution in [3.8, 4) is 5.75 Å². The lowest BCUT2D eigenvalue weighted by Gasteiger charge is -2.17. The van der Waals surface area contributed by atoms with Gasteiger partial charge in [-0.25, -0.2) is 0 Å². The molecule has 0 saturated carbocycles. The summed E-state index contributed by atoms with van der Waals surface area (Å²) in [6.07, 6.45) is 2.42. The molecule has 1 aromatic rings. The number of nitrogens with one attached hydrogen (secondary N) is 1. The minimum Gasteiger partial charge on any atom is -0.481 e. The molecule has 1 aliphatic heterocycles. The third-order valence-electron chi connectivity index (χ3n) is 3.15. The van der Waals surface area contributed by atoms with Gasteiger partial charge in [0, 0.05) is 12.6 Å². The number of hydrogen-bond donors (Lipinski definition) is 2. The maximum absolute atomic E-state index is 11.8. The topological polar surface area (TPSA) is 64.3 Å². The Hall–Kier alpha value is -1.55. The molecule has 0 radical (unpaired) electrons. The molecule has 0 spiro atoms. The minimum absolute atomic E-state index is 0.0151. The second kappa shape index (κ2) is 5.87. The number of rotatable bonds is 3. The molecule has 3 N–H and O–H groups in total. The van der Waals surface area contributed by atoms with Crippen LogP contribution in [0.1, 0.15) is 37.8 Å². The van der Waals surface area contributed by atoms with E-state index in [0.29, 0.717) is 5.75 Å². The van der Waals surface area contributed by atoms with E-state index in [1.54, 1.807) is 0 Å². The number of nitrogens with two attached hydrogens (primary N) is 1. The number of benzene rings is 1. The van der Waals surface area contributed by atoms with Crippen LogP contribution in [0.5, 0.6) is 5.75 Å². The first-order chi connectivity index (χ1) is 8.66. The van der Waals surface area contributed by atoms with Crippen molar-refractivity contribution in [3.63, 3.8) is 0 Å². The Balaban J connectivity index is 2.07. The molecule has 1 heterocycles. The van der Waals surface area contributed by atoms with Gasteiger partial charge in [-0.2, -0.15) is 0 Å². The number of carbonyl (C=O) groups excluding carboxylic acids is 1. The van der Waals surface area contributed by atoms with Crippen LogP contribution in [0.25, 0.3) is 0 Å². The summed E-state index contributed by atoms with van der Waals surface area (Å²) in [6, 6.07) is 7.61. The maximum atomic E-state index is 11.8. The summed E-state index contributed by atoms with van der Waals surface area (Å²) in [5.74, 6) is 0.700. The molecule has 1 fully saturated rings. The van der Waals surface area contributed by atoms with E-state index in [9.17, 15) is 4.79 Å². The Bertz CT molecular complexity index is 418. The van der Waals surface area contributed by atoms with Crippen molar-refractivity contribution in [2.45, 2.75) is 38.3 Å². The predicted octanol–water partition coefficient (Wildman–Crippen LogP) is 1.75. The third-order valence-corrected chi connectivity index (χ3v) is 3.15. The molecular weight excluding hydrogens is 228 g/mol. The highest BCUT2D eigenvalue weighted by molar-refractivity contribution is 5.81. The minimum atomic E-state index is -0.379. The quantitative estimate of drug-likeness (QED) is 0.856. The third kappa shape index (κ3) is 3.23. The van der Waals surface area contributed by atoms with E-state index in [0.717, 1.165) is 31.4 Å². The SMILES string of the molecule is CC(N)c1cccc(OC2CCCCNC2=O)c1. The van der Waals surface area contributed by atoms with Gasteiger partial charge in [-0.05, 0) is 43.9 Å². The van der Waals surface area contributed by atoms with Crippen LogP contribution in [0.3, 0.4) is 0 Å². The van der Waals surface area contributed by atoms with E-state index in [1.165, 1.54) is 0 Å². The molecule has 4 nitrogen and oxygen atoms in total. The van der Waals surface area contributed by atoms with Gasteiger partial charge in [-0.1, -0.05) is 12.1 Å². The molecule has 0 aromatic heterocycles. The van der Waals surface area contributed by atoms with Crippen LogP contribution < -0.4 is 15.8 Å². The largest absolute Gasteiger partial charge is 0.481 e. The summed E-state index contributed by atoms with van der Waals surface area (Å²) >= 11 is 0. The lowest BCUT2D eigenvalue weighted by molar-refractivity contribution is -0.127. The van der Waals surface area contributed by atoms with E-state index in [2.05, 4.69) is 5.32 Å². The highest BCUT2D eigenvalue weighted by Crippen LogP contribution is 2.20. The van der Waals surface area contributed by atoms with Crippen molar-refractivity contribution >= 4 is 5.91 Å². The molecule has 2 atom stereocenters. The van der Waals surface area contributed by atoms with Gasteiger partial charge in [0.15, 0.2) is 6.10 Å². The average molecular weight is 248 g/mol. The maximum Gasteiger partial charge on any atom is 0.261 e. The van der Waals surface area contributed by atoms with E-state index >= 15 is 0 Å². The first-order valence-electron chi connectivity index (χ1n) is 6.47. The van der Waals surface area contributed by atoms with E-state index in [4.69, 9.17) is 10.5 Å². The van der Waals surface area contributed by atoms with Crippen LogP contribution in [0.2, 0.25) is 0 Å².